The molecule has 0 saturated heterocycles. The van der Waals surface area contributed by atoms with Gasteiger partial charge in [-0.3, -0.25) is 5.10 Å². The third-order valence-corrected chi connectivity index (χ3v) is 2.58. The van der Waals surface area contributed by atoms with Gasteiger partial charge in [0.05, 0.1) is 11.7 Å². The quantitative estimate of drug-likeness (QED) is 0.748. The number of hydrogen-bond donors (Lipinski definition) is 1. The number of rotatable bonds is 2. The smallest absolute Gasteiger partial charge is 0.322 e. The van der Waals surface area contributed by atoms with Gasteiger partial charge < -0.3 is 4.74 Å². The molecule has 0 saturated carbocycles. The predicted octanol–water partition coefficient (Wildman–Crippen LogP) is 2.76. The van der Waals surface area contributed by atoms with E-state index in [1.54, 1.807) is 6.20 Å². The fourth-order valence-corrected chi connectivity index (χ4v) is 1.82. The van der Waals surface area contributed by atoms with Gasteiger partial charge in [0, 0.05) is 22.8 Å². The minimum atomic E-state index is 0.367. The summed E-state index contributed by atoms with van der Waals surface area (Å²) >= 11 is 0. The van der Waals surface area contributed by atoms with Crippen LogP contribution in [-0.2, 0) is 0 Å². The number of hydrogen-bond acceptors (Lipinski definition) is 4. The van der Waals surface area contributed by atoms with Crippen LogP contribution in [0.3, 0.4) is 0 Å². The molecule has 0 aliphatic rings. The zero-order valence-corrected chi connectivity index (χ0v) is 10.1. The molecule has 3 rings (SSSR count). The Bertz CT molecular complexity index is 685. The van der Waals surface area contributed by atoms with Crippen molar-refractivity contribution in [3.05, 3.63) is 41.9 Å². The molecule has 18 heavy (non-hydrogen) atoms. The van der Waals surface area contributed by atoms with Crippen molar-refractivity contribution < 1.29 is 4.74 Å². The molecule has 1 N–H and O–H groups in total. The van der Waals surface area contributed by atoms with E-state index in [9.17, 15) is 0 Å². The maximum atomic E-state index is 5.65. The number of nitrogens with zero attached hydrogens (tertiary/aromatic N) is 3. The van der Waals surface area contributed by atoms with Gasteiger partial charge in [-0.15, -0.1) is 0 Å². The van der Waals surface area contributed by atoms with Crippen LogP contribution in [0.1, 0.15) is 11.4 Å². The molecule has 0 fully saturated rings. The second kappa shape index (κ2) is 4.10. The first-order chi connectivity index (χ1) is 8.70. The van der Waals surface area contributed by atoms with Gasteiger partial charge in [-0.2, -0.15) is 5.10 Å². The van der Waals surface area contributed by atoms with E-state index in [2.05, 4.69) is 20.2 Å². The second-order valence-electron chi connectivity index (χ2n) is 4.15. The highest BCUT2D eigenvalue weighted by atomic mass is 16.5. The summed E-state index contributed by atoms with van der Waals surface area (Å²) in [5, 5.41) is 7.91. The number of aromatic nitrogens is 4. The summed E-state index contributed by atoms with van der Waals surface area (Å²) in [5.41, 5.74) is 2.71. The Morgan fingerprint density at radius 3 is 2.61 bits per heavy atom. The molecule has 0 aliphatic heterocycles. The molecule has 0 spiro atoms. The van der Waals surface area contributed by atoms with Crippen molar-refractivity contribution in [3.63, 3.8) is 0 Å². The summed E-state index contributed by atoms with van der Waals surface area (Å²) in [6.07, 6.45) is 1.77. The van der Waals surface area contributed by atoms with Crippen molar-refractivity contribution in [1.29, 1.82) is 0 Å². The summed E-state index contributed by atoms with van der Waals surface area (Å²) in [6, 6.07) is 7.97. The molecule has 0 radical (unpaired) electrons. The van der Waals surface area contributed by atoms with Gasteiger partial charge in [0.2, 0.25) is 0 Å². The van der Waals surface area contributed by atoms with Crippen molar-refractivity contribution in [1.82, 2.24) is 20.2 Å². The summed E-state index contributed by atoms with van der Waals surface area (Å²) in [7, 11) is 0. The number of H-pyrrole nitrogens is 1. The lowest BCUT2D eigenvalue weighted by Crippen LogP contribution is -1.95. The Kier molecular flexibility index (Phi) is 2.44. The minimum Gasteiger partial charge on any atom is -0.424 e. The molecule has 5 heteroatoms. The Hall–Kier alpha value is -2.43. The van der Waals surface area contributed by atoms with Crippen molar-refractivity contribution in [3.8, 4) is 11.8 Å². The van der Waals surface area contributed by atoms with Crippen LogP contribution >= 0.6 is 0 Å². The number of fused-ring (bicyclic) bond motifs is 1. The summed E-state index contributed by atoms with van der Waals surface area (Å²) in [4.78, 5) is 8.48. The first kappa shape index (κ1) is 10.7. The van der Waals surface area contributed by atoms with Crippen LogP contribution in [0.2, 0.25) is 0 Å². The lowest BCUT2D eigenvalue weighted by molar-refractivity contribution is 0.439. The van der Waals surface area contributed by atoms with Crippen LogP contribution in [0.25, 0.3) is 10.9 Å². The van der Waals surface area contributed by atoms with Crippen LogP contribution in [-0.4, -0.2) is 20.2 Å². The average molecular weight is 240 g/mol. The molecule has 5 nitrogen and oxygen atoms in total. The summed E-state index contributed by atoms with van der Waals surface area (Å²) < 4.78 is 5.65. The van der Waals surface area contributed by atoms with E-state index >= 15 is 0 Å². The molecule has 0 atom stereocenters. The molecular formula is C13H12N4O. The van der Waals surface area contributed by atoms with E-state index in [1.165, 1.54) is 0 Å². The first-order valence-corrected chi connectivity index (χ1v) is 5.64. The molecule has 3 aromatic rings. The van der Waals surface area contributed by atoms with E-state index < -0.39 is 0 Å². The SMILES string of the molecule is Cc1cc(C)nc(Oc2ccc3cn[nH]c3c2)n1. The Morgan fingerprint density at radius 2 is 1.83 bits per heavy atom. The zero-order chi connectivity index (χ0) is 12.5. The van der Waals surface area contributed by atoms with Gasteiger partial charge in [0.15, 0.2) is 0 Å². The van der Waals surface area contributed by atoms with Crippen LogP contribution in [0.4, 0.5) is 0 Å². The molecule has 0 unspecified atom stereocenters. The third-order valence-electron chi connectivity index (χ3n) is 2.58. The van der Waals surface area contributed by atoms with E-state index in [1.807, 2.05) is 38.1 Å². The van der Waals surface area contributed by atoms with Gasteiger partial charge in [-0.1, -0.05) is 0 Å². The highest BCUT2D eigenvalue weighted by molar-refractivity contribution is 5.79. The number of ether oxygens (including phenoxy) is 1. The van der Waals surface area contributed by atoms with Crippen LogP contribution in [0.5, 0.6) is 11.8 Å². The molecular weight excluding hydrogens is 228 g/mol. The van der Waals surface area contributed by atoms with Gasteiger partial charge in [-0.05, 0) is 32.0 Å². The highest BCUT2D eigenvalue weighted by Gasteiger charge is 2.04. The number of aromatic amines is 1. The maximum Gasteiger partial charge on any atom is 0.322 e. The number of aryl methyl sites for hydroxylation is 2. The summed E-state index contributed by atoms with van der Waals surface area (Å²) in [5.74, 6) is 0.691. The average Bonchev–Trinajstić information content (AvgIpc) is 2.74. The van der Waals surface area contributed by atoms with Crippen molar-refractivity contribution in [2.75, 3.05) is 0 Å². The van der Waals surface area contributed by atoms with E-state index in [4.69, 9.17) is 4.74 Å². The topological polar surface area (TPSA) is 63.7 Å². The van der Waals surface area contributed by atoms with Crippen LogP contribution in [0.15, 0.2) is 30.5 Å². The van der Waals surface area contributed by atoms with Gasteiger partial charge in [0.25, 0.3) is 0 Å². The largest absolute Gasteiger partial charge is 0.424 e. The summed E-state index contributed by atoms with van der Waals surface area (Å²) in [6.45, 7) is 3.83. The molecule has 90 valence electrons. The zero-order valence-electron chi connectivity index (χ0n) is 10.1. The van der Waals surface area contributed by atoms with Gasteiger partial charge >= 0.3 is 6.01 Å². The fraction of sp³-hybridized carbons (Fsp3) is 0.154. The van der Waals surface area contributed by atoms with Crippen LogP contribution < -0.4 is 4.74 Å². The van der Waals surface area contributed by atoms with Crippen molar-refractivity contribution in [2.45, 2.75) is 13.8 Å². The third kappa shape index (κ3) is 2.02. The molecule has 0 amide bonds. The lowest BCUT2D eigenvalue weighted by atomic mass is 10.2. The predicted molar refractivity (Wildman–Crippen MR) is 67.7 cm³/mol. The van der Waals surface area contributed by atoms with Gasteiger partial charge in [0.1, 0.15) is 5.75 Å². The fourth-order valence-electron chi connectivity index (χ4n) is 1.82. The second-order valence-corrected chi connectivity index (χ2v) is 4.15. The number of nitrogens with one attached hydrogen (secondary N) is 1. The van der Waals surface area contributed by atoms with Gasteiger partial charge in [-0.25, -0.2) is 9.97 Å². The maximum absolute atomic E-state index is 5.65. The Labute approximate surface area is 104 Å². The van der Waals surface area contributed by atoms with E-state index in [0.717, 1.165) is 22.3 Å². The molecule has 2 heterocycles. The molecule has 0 aliphatic carbocycles. The van der Waals surface area contributed by atoms with Crippen molar-refractivity contribution >= 4 is 10.9 Å². The van der Waals surface area contributed by atoms with Crippen LogP contribution in [0, 0.1) is 13.8 Å². The van der Waals surface area contributed by atoms with E-state index in [-0.39, 0.29) is 0 Å². The van der Waals surface area contributed by atoms with Crippen molar-refractivity contribution in [2.24, 2.45) is 0 Å². The number of benzene rings is 1. The molecule has 2 aromatic heterocycles. The Balaban J connectivity index is 1.95. The monoisotopic (exact) mass is 240 g/mol. The lowest BCUT2D eigenvalue weighted by Gasteiger charge is -2.05. The molecule has 1 aromatic carbocycles. The normalized spacial score (nSPS) is 10.8. The standard InChI is InChI=1S/C13H12N4O/c1-8-5-9(2)16-13(15-8)18-11-4-3-10-7-14-17-12(10)6-11/h3-7H,1-2H3,(H,14,17). The minimum absolute atomic E-state index is 0.367. The Morgan fingerprint density at radius 1 is 1.06 bits per heavy atom. The highest BCUT2D eigenvalue weighted by Crippen LogP contribution is 2.22. The first-order valence-electron chi connectivity index (χ1n) is 5.64. The van der Waals surface area contributed by atoms with E-state index in [0.29, 0.717) is 11.8 Å². The molecule has 0 bridgehead atoms.